The summed E-state index contributed by atoms with van der Waals surface area (Å²) in [5.41, 5.74) is 1.68. The first-order chi connectivity index (χ1) is 16.8. The van der Waals surface area contributed by atoms with Crippen molar-refractivity contribution in [2.24, 2.45) is 5.92 Å². The van der Waals surface area contributed by atoms with Crippen LogP contribution in [0.3, 0.4) is 0 Å². The minimum Gasteiger partial charge on any atom is -0.468 e. The average molecular weight is 496 g/mol. The van der Waals surface area contributed by atoms with E-state index in [4.69, 9.17) is 4.42 Å². The Morgan fingerprint density at radius 1 is 1.00 bits per heavy atom. The summed E-state index contributed by atoms with van der Waals surface area (Å²) in [6.45, 7) is 2.31. The van der Waals surface area contributed by atoms with Gasteiger partial charge in [-0.1, -0.05) is 35.9 Å². The maximum atomic E-state index is 13.4. The fourth-order valence-electron chi connectivity index (χ4n) is 4.07. The highest BCUT2D eigenvalue weighted by molar-refractivity contribution is 7.89. The first-order valence-corrected chi connectivity index (χ1v) is 13.0. The Morgan fingerprint density at radius 3 is 2.31 bits per heavy atom. The largest absolute Gasteiger partial charge is 0.468 e. The van der Waals surface area contributed by atoms with Gasteiger partial charge in [-0.25, -0.2) is 8.42 Å². The number of carbonyl (C=O) groups is 2. The Bertz CT molecular complexity index is 1230. The monoisotopic (exact) mass is 495 g/mol. The van der Waals surface area contributed by atoms with E-state index in [0.29, 0.717) is 31.7 Å². The summed E-state index contributed by atoms with van der Waals surface area (Å²) in [6.07, 6.45) is 2.51. The Hall–Kier alpha value is -3.43. The normalized spacial score (nSPS) is 14.7. The van der Waals surface area contributed by atoms with Gasteiger partial charge in [0.2, 0.25) is 21.8 Å². The predicted molar refractivity (Wildman–Crippen MR) is 132 cm³/mol. The fourth-order valence-corrected chi connectivity index (χ4v) is 5.43. The van der Waals surface area contributed by atoms with Crippen molar-refractivity contribution in [2.45, 2.75) is 31.2 Å². The Kier molecular flexibility index (Phi) is 7.67. The zero-order valence-electron chi connectivity index (χ0n) is 19.6. The van der Waals surface area contributed by atoms with E-state index in [9.17, 15) is 18.0 Å². The third-order valence-corrected chi connectivity index (χ3v) is 7.95. The number of nitrogens with one attached hydrogen (secondary N) is 1. The van der Waals surface area contributed by atoms with Crippen LogP contribution >= 0.6 is 0 Å². The van der Waals surface area contributed by atoms with E-state index in [2.05, 4.69) is 5.32 Å². The lowest BCUT2D eigenvalue weighted by molar-refractivity contribution is -0.134. The fraction of sp³-hybridized carbons (Fsp3) is 0.308. The SMILES string of the molecule is Cc1ccc(S(=O)(=O)N(CC(=O)N2CCC(C(=O)Nc3ccccc3)CC2)Cc2ccco2)cc1. The van der Waals surface area contributed by atoms with Crippen molar-refractivity contribution in [1.29, 1.82) is 0 Å². The number of carbonyl (C=O) groups excluding carboxylic acids is 2. The molecule has 1 aromatic heterocycles. The molecule has 2 heterocycles. The van der Waals surface area contributed by atoms with Crippen LogP contribution in [-0.2, 0) is 26.2 Å². The van der Waals surface area contributed by atoms with Crippen molar-refractivity contribution in [3.8, 4) is 0 Å². The van der Waals surface area contributed by atoms with E-state index in [1.54, 1.807) is 41.3 Å². The summed E-state index contributed by atoms with van der Waals surface area (Å²) in [7, 11) is -3.92. The molecule has 184 valence electrons. The number of furan rings is 1. The highest BCUT2D eigenvalue weighted by atomic mass is 32.2. The first-order valence-electron chi connectivity index (χ1n) is 11.6. The van der Waals surface area contributed by atoms with Crippen LogP contribution in [0.1, 0.15) is 24.2 Å². The molecule has 1 aliphatic heterocycles. The van der Waals surface area contributed by atoms with E-state index in [-0.39, 0.29) is 35.7 Å². The minimum atomic E-state index is -3.92. The number of rotatable bonds is 8. The molecule has 35 heavy (non-hydrogen) atoms. The van der Waals surface area contributed by atoms with E-state index >= 15 is 0 Å². The first kappa shape index (κ1) is 24.7. The number of likely N-dealkylation sites (tertiary alicyclic amines) is 1. The standard InChI is InChI=1S/C26H29N3O5S/c1-20-9-11-24(12-10-20)35(32,33)29(18-23-8-5-17-34-23)19-25(30)28-15-13-21(14-16-28)26(31)27-22-6-3-2-4-7-22/h2-12,17,21H,13-16,18-19H2,1H3,(H,27,31). The topological polar surface area (TPSA) is 99.9 Å². The van der Waals surface area contributed by atoms with Gasteiger partial charge in [-0.15, -0.1) is 0 Å². The summed E-state index contributed by atoms with van der Waals surface area (Å²) >= 11 is 0. The van der Waals surface area contributed by atoms with E-state index in [1.807, 2.05) is 37.3 Å². The molecule has 4 rings (SSSR count). The van der Waals surface area contributed by atoms with Gasteiger partial charge in [0.25, 0.3) is 0 Å². The summed E-state index contributed by atoms with van der Waals surface area (Å²) in [5, 5.41) is 2.91. The molecule has 0 radical (unpaired) electrons. The molecule has 0 saturated carbocycles. The van der Waals surface area contributed by atoms with Gasteiger partial charge in [-0.2, -0.15) is 4.31 Å². The van der Waals surface area contributed by atoms with Crippen LogP contribution in [0.2, 0.25) is 0 Å². The zero-order valence-corrected chi connectivity index (χ0v) is 20.4. The Morgan fingerprint density at radius 2 is 1.69 bits per heavy atom. The van der Waals surface area contributed by atoms with Crippen LogP contribution in [-0.4, -0.2) is 49.1 Å². The molecule has 9 heteroatoms. The lowest BCUT2D eigenvalue weighted by Gasteiger charge is -2.32. The molecule has 8 nitrogen and oxygen atoms in total. The summed E-state index contributed by atoms with van der Waals surface area (Å²) in [4.78, 5) is 27.5. The third-order valence-electron chi connectivity index (χ3n) is 6.14. The number of benzene rings is 2. The van der Waals surface area contributed by atoms with Gasteiger partial charge in [0.1, 0.15) is 5.76 Å². The highest BCUT2D eigenvalue weighted by Gasteiger charge is 2.32. The van der Waals surface area contributed by atoms with Crippen LogP contribution < -0.4 is 5.32 Å². The second-order valence-electron chi connectivity index (χ2n) is 8.68. The molecule has 1 N–H and O–H groups in total. The molecule has 0 unspecified atom stereocenters. The van der Waals surface area contributed by atoms with Crippen LogP contribution in [0.4, 0.5) is 5.69 Å². The van der Waals surface area contributed by atoms with Crippen molar-refractivity contribution < 1.29 is 22.4 Å². The van der Waals surface area contributed by atoms with E-state index in [0.717, 1.165) is 15.6 Å². The van der Waals surface area contributed by atoms with Crippen LogP contribution in [0.15, 0.2) is 82.3 Å². The number of hydrogen-bond donors (Lipinski definition) is 1. The molecule has 0 bridgehead atoms. The molecule has 0 aliphatic carbocycles. The maximum Gasteiger partial charge on any atom is 0.243 e. The molecule has 0 atom stereocenters. The number of hydrogen-bond acceptors (Lipinski definition) is 5. The molecule has 1 aliphatic rings. The van der Waals surface area contributed by atoms with Gasteiger partial charge in [0.05, 0.1) is 24.2 Å². The molecule has 1 saturated heterocycles. The van der Waals surface area contributed by atoms with Crippen molar-refractivity contribution in [3.63, 3.8) is 0 Å². The average Bonchev–Trinajstić information content (AvgIpc) is 3.38. The number of nitrogens with zero attached hydrogens (tertiary/aromatic N) is 2. The van der Waals surface area contributed by atoms with E-state index in [1.165, 1.54) is 6.26 Å². The molecule has 3 aromatic rings. The number of sulfonamides is 1. The lowest BCUT2D eigenvalue weighted by Crippen LogP contribution is -2.46. The van der Waals surface area contributed by atoms with Crippen LogP contribution in [0.5, 0.6) is 0 Å². The smallest absolute Gasteiger partial charge is 0.243 e. The number of anilines is 1. The number of para-hydroxylation sites is 1. The van der Waals surface area contributed by atoms with Crippen LogP contribution in [0, 0.1) is 12.8 Å². The van der Waals surface area contributed by atoms with Crippen LogP contribution in [0.25, 0.3) is 0 Å². The molecule has 1 fully saturated rings. The molecular weight excluding hydrogens is 466 g/mol. The number of aryl methyl sites for hydroxylation is 1. The van der Waals surface area contributed by atoms with Gasteiger partial charge in [0, 0.05) is 24.7 Å². The summed E-state index contributed by atoms with van der Waals surface area (Å²) < 4.78 is 33.2. The molecular formula is C26H29N3O5S. The molecule has 0 spiro atoms. The second kappa shape index (κ2) is 10.9. The number of amides is 2. The van der Waals surface area contributed by atoms with Crippen molar-refractivity contribution in [3.05, 3.63) is 84.3 Å². The van der Waals surface area contributed by atoms with Gasteiger partial charge in [0.15, 0.2) is 0 Å². The quantitative estimate of drug-likeness (QED) is 0.514. The predicted octanol–water partition coefficient (Wildman–Crippen LogP) is 3.66. The minimum absolute atomic E-state index is 0.0507. The maximum absolute atomic E-state index is 13.4. The van der Waals surface area contributed by atoms with Gasteiger partial charge in [-0.05, 0) is 56.2 Å². The van der Waals surface area contributed by atoms with Gasteiger partial charge >= 0.3 is 0 Å². The Labute approximate surface area is 205 Å². The highest BCUT2D eigenvalue weighted by Crippen LogP contribution is 2.22. The Balaban J connectivity index is 1.41. The third kappa shape index (κ3) is 6.17. The lowest BCUT2D eigenvalue weighted by atomic mass is 9.95. The molecule has 2 aromatic carbocycles. The second-order valence-corrected chi connectivity index (χ2v) is 10.6. The molecule has 2 amide bonds. The summed E-state index contributed by atoms with van der Waals surface area (Å²) in [6, 6.07) is 19.2. The number of piperidine rings is 1. The van der Waals surface area contributed by atoms with Crippen molar-refractivity contribution in [2.75, 3.05) is 25.0 Å². The summed E-state index contributed by atoms with van der Waals surface area (Å²) in [5.74, 6) is -0.113. The van der Waals surface area contributed by atoms with Gasteiger partial charge in [-0.3, -0.25) is 9.59 Å². The van der Waals surface area contributed by atoms with Crippen molar-refractivity contribution >= 4 is 27.5 Å². The van der Waals surface area contributed by atoms with E-state index < -0.39 is 10.0 Å². The van der Waals surface area contributed by atoms with Gasteiger partial charge < -0.3 is 14.6 Å². The zero-order chi connectivity index (χ0) is 24.8. The van der Waals surface area contributed by atoms with Crippen molar-refractivity contribution in [1.82, 2.24) is 9.21 Å².